The molecule has 0 spiro atoms. The predicted molar refractivity (Wildman–Crippen MR) is 62.6 cm³/mol. The van der Waals surface area contributed by atoms with Crippen molar-refractivity contribution >= 4 is 0 Å². The van der Waals surface area contributed by atoms with Gasteiger partial charge in [0.05, 0.1) is 18.6 Å². The summed E-state index contributed by atoms with van der Waals surface area (Å²) in [7, 11) is 0. The van der Waals surface area contributed by atoms with Gasteiger partial charge in [-0.1, -0.05) is 5.92 Å². The van der Waals surface area contributed by atoms with Crippen LogP contribution in [0.5, 0.6) is 0 Å². The zero-order chi connectivity index (χ0) is 11.3. The summed E-state index contributed by atoms with van der Waals surface area (Å²) in [6, 6.07) is 0.415. The summed E-state index contributed by atoms with van der Waals surface area (Å²) < 4.78 is 2.17. The van der Waals surface area contributed by atoms with Crippen LogP contribution >= 0.6 is 0 Å². The van der Waals surface area contributed by atoms with E-state index in [-0.39, 0.29) is 0 Å². The third kappa shape index (κ3) is 3.41. The lowest BCUT2D eigenvalue weighted by Crippen LogP contribution is -2.30. The van der Waals surface area contributed by atoms with Crippen molar-refractivity contribution in [1.29, 1.82) is 0 Å². The van der Waals surface area contributed by atoms with Crippen molar-refractivity contribution in [1.82, 2.24) is 14.9 Å². The Kier molecular flexibility index (Phi) is 4.38. The molecule has 15 heavy (non-hydrogen) atoms. The minimum absolute atomic E-state index is 0.415. The number of aromatic nitrogens is 2. The van der Waals surface area contributed by atoms with Crippen LogP contribution in [0.2, 0.25) is 0 Å². The largest absolute Gasteiger partial charge is 0.333 e. The molecule has 1 atom stereocenters. The number of rotatable bonds is 4. The highest BCUT2D eigenvalue weighted by atomic mass is 15.1. The molecule has 0 amide bonds. The van der Waals surface area contributed by atoms with Gasteiger partial charge in [0, 0.05) is 18.3 Å². The van der Waals surface area contributed by atoms with Crippen LogP contribution in [0.25, 0.3) is 0 Å². The first-order valence-electron chi connectivity index (χ1n) is 5.26. The molecule has 3 nitrogen and oxygen atoms in total. The second-order valence-electron chi connectivity index (χ2n) is 3.78. The molecule has 1 heterocycles. The van der Waals surface area contributed by atoms with Gasteiger partial charge < -0.3 is 9.88 Å². The lowest BCUT2D eigenvalue weighted by molar-refractivity contribution is 0.495. The SMILES string of the molecule is CC#CCNC(C)Cn1cnc(C)c1C. The maximum Gasteiger partial charge on any atom is 0.0951 e. The van der Waals surface area contributed by atoms with Crippen LogP contribution in [0.3, 0.4) is 0 Å². The monoisotopic (exact) mass is 205 g/mol. The molecule has 0 radical (unpaired) electrons. The van der Waals surface area contributed by atoms with Gasteiger partial charge in [-0.2, -0.15) is 0 Å². The van der Waals surface area contributed by atoms with Gasteiger partial charge in [-0.05, 0) is 27.7 Å². The van der Waals surface area contributed by atoms with Crippen LogP contribution < -0.4 is 5.32 Å². The number of nitrogens with one attached hydrogen (secondary N) is 1. The first kappa shape index (κ1) is 11.8. The third-order valence-corrected chi connectivity index (χ3v) is 2.53. The van der Waals surface area contributed by atoms with Gasteiger partial charge in [0.25, 0.3) is 0 Å². The molecule has 1 unspecified atom stereocenters. The Morgan fingerprint density at radius 1 is 1.53 bits per heavy atom. The first-order valence-corrected chi connectivity index (χ1v) is 5.26. The molecule has 3 heteroatoms. The van der Waals surface area contributed by atoms with Gasteiger partial charge in [-0.15, -0.1) is 5.92 Å². The Morgan fingerprint density at radius 3 is 2.80 bits per heavy atom. The molecule has 0 bridgehead atoms. The van der Waals surface area contributed by atoms with E-state index in [2.05, 4.69) is 40.6 Å². The number of nitrogens with zero attached hydrogens (tertiary/aromatic N) is 2. The second kappa shape index (κ2) is 5.57. The molecule has 1 N–H and O–H groups in total. The van der Waals surface area contributed by atoms with Crippen molar-refractivity contribution in [2.75, 3.05) is 6.54 Å². The summed E-state index contributed by atoms with van der Waals surface area (Å²) in [5.41, 5.74) is 2.35. The molecular weight excluding hydrogens is 186 g/mol. The molecule has 0 saturated heterocycles. The van der Waals surface area contributed by atoms with Crippen LogP contribution in [-0.4, -0.2) is 22.1 Å². The smallest absolute Gasteiger partial charge is 0.0951 e. The predicted octanol–water partition coefficient (Wildman–Crippen LogP) is 1.50. The molecule has 82 valence electrons. The van der Waals surface area contributed by atoms with Crippen molar-refractivity contribution in [3.8, 4) is 11.8 Å². The number of imidazole rings is 1. The number of hydrogen-bond acceptors (Lipinski definition) is 2. The van der Waals surface area contributed by atoms with Crippen molar-refractivity contribution < 1.29 is 0 Å². The fourth-order valence-electron chi connectivity index (χ4n) is 1.40. The van der Waals surface area contributed by atoms with Crippen molar-refractivity contribution in [3.63, 3.8) is 0 Å². The Morgan fingerprint density at radius 2 is 2.27 bits per heavy atom. The fraction of sp³-hybridized carbons (Fsp3) is 0.583. The topological polar surface area (TPSA) is 29.9 Å². The van der Waals surface area contributed by atoms with Crippen LogP contribution in [0.1, 0.15) is 25.2 Å². The summed E-state index contributed by atoms with van der Waals surface area (Å²) >= 11 is 0. The summed E-state index contributed by atoms with van der Waals surface area (Å²) in [4.78, 5) is 4.27. The summed E-state index contributed by atoms with van der Waals surface area (Å²) in [6.45, 7) is 9.84. The molecular formula is C12H19N3. The summed E-state index contributed by atoms with van der Waals surface area (Å²) in [6.07, 6.45) is 1.90. The molecule has 0 aromatic carbocycles. The van der Waals surface area contributed by atoms with E-state index in [9.17, 15) is 0 Å². The van der Waals surface area contributed by atoms with Crippen molar-refractivity contribution in [2.45, 2.75) is 40.3 Å². The van der Waals surface area contributed by atoms with E-state index in [1.807, 2.05) is 20.2 Å². The van der Waals surface area contributed by atoms with Crippen LogP contribution in [-0.2, 0) is 6.54 Å². The normalized spacial score (nSPS) is 12.0. The highest BCUT2D eigenvalue weighted by Crippen LogP contribution is 2.04. The molecule has 0 saturated carbocycles. The van der Waals surface area contributed by atoms with E-state index in [1.165, 1.54) is 5.69 Å². The lowest BCUT2D eigenvalue weighted by atomic mass is 10.3. The van der Waals surface area contributed by atoms with E-state index in [0.29, 0.717) is 6.04 Å². The van der Waals surface area contributed by atoms with Crippen LogP contribution in [0, 0.1) is 25.7 Å². The summed E-state index contributed by atoms with van der Waals surface area (Å²) in [5.74, 6) is 5.87. The maximum absolute atomic E-state index is 4.27. The van der Waals surface area contributed by atoms with Gasteiger partial charge in [0.1, 0.15) is 0 Å². The van der Waals surface area contributed by atoms with E-state index in [1.54, 1.807) is 0 Å². The Bertz CT molecular complexity index is 368. The number of aryl methyl sites for hydroxylation is 1. The number of hydrogen-bond donors (Lipinski definition) is 1. The lowest BCUT2D eigenvalue weighted by Gasteiger charge is -2.13. The maximum atomic E-state index is 4.27. The van der Waals surface area contributed by atoms with Gasteiger partial charge in [-0.3, -0.25) is 0 Å². The van der Waals surface area contributed by atoms with Gasteiger partial charge in [0.15, 0.2) is 0 Å². The minimum Gasteiger partial charge on any atom is -0.333 e. The van der Waals surface area contributed by atoms with Crippen molar-refractivity contribution in [3.05, 3.63) is 17.7 Å². The average Bonchev–Trinajstić information content (AvgIpc) is 2.50. The van der Waals surface area contributed by atoms with Gasteiger partial charge in [0.2, 0.25) is 0 Å². The molecule has 0 aliphatic heterocycles. The minimum atomic E-state index is 0.415. The Balaban J connectivity index is 2.46. The fourth-order valence-corrected chi connectivity index (χ4v) is 1.40. The molecule has 0 aliphatic carbocycles. The van der Waals surface area contributed by atoms with Crippen molar-refractivity contribution in [2.24, 2.45) is 0 Å². The van der Waals surface area contributed by atoms with E-state index in [0.717, 1.165) is 18.8 Å². The standard InChI is InChI=1S/C12H19N3/c1-5-6-7-13-10(2)8-15-9-14-11(3)12(15)4/h9-10,13H,7-8H2,1-4H3. The Hall–Kier alpha value is -1.27. The van der Waals surface area contributed by atoms with Crippen LogP contribution in [0.15, 0.2) is 6.33 Å². The molecule has 1 aromatic heterocycles. The highest BCUT2D eigenvalue weighted by molar-refractivity contribution is 5.08. The van der Waals surface area contributed by atoms with E-state index >= 15 is 0 Å². The van der Waals surface area contributed by atoms with Gasteiger partial charge >= 0.3 is 0 Å². The first-order chi connectivity index (χ1) is 7.15. The van der Waals surface area contributed by atoms with Crippen LogP contribution in [0.4, 0.5) is 0 Å². The van der Waals surface area contributed by atoms with E-state index in [4.69, 9.17) is 0 Å². The molecule has 0 fully saturated rings. The van der Waals surface area contributed by atoms with E-state index < -0.39 is 0 Å². The Labute approximate surface area is 91.9 Å². The quantitative estimate of drug-likeness (QED) is 0.755. The summed E-state index contributed by atoms with van der Waals surface area (Å²) in [5, 5.41) is 3.35. The van der Waals surface area contributed by atoms with Gasteiger partial charge in [-0.25, -0.2) is 4.98 Å². The zero-order valence-corrected chi connectivity index (χ0v) is 9.96. The third-order valence-electron chi connectivity index (χ3n) is 2.53. The highest BCUT2D eigenvalue weighted by Gasteiger charge is 2.05. The molecule has 0 aliphatic rings. The zero-order valence-electron chi connectivity index (χ0n) is 9.96. The average molecular weight is 205 g/mol. The molecule has 1 rings (SSSR count). The second-order valence-corrected chi connectivity index (χ2v) is 3.78. The molecule has 1 aromatic rings.